The van der Waals surface area contributed by atoms with Gasteiger partial charge in [0.2, 0.25) is 0 Å². The van der Waals surface area contributed by atoms with E-state index >= 15 is 0 Å². The van der Waals surface area contributed by atoms with E-state index in [4.69, 9.17) is 31.4 Å². The van der Waals surface area contributed by atoms with Crippen molar-refractivity contribution < 1.29 is 22.6 Å². The molecule has 0 unspecified atom stereocenters. The second-order valence-electron chi connectivity index (χ2n) is 10.0. The Labute approximate surface area is 272 Å². The van der Waals surface area contributed by atoms with Crippen molar-refractivity contribution in [2.45, 2.75) is 33.7 Å². The first-order valence-electron chi connectivity index (χ1n) is 14.2. The topological polar surface area (TPSA) is 177 Å². The van der Waals surface area contributed by atoms with Crippen LogP contribution >= 0.6 is 23.5 Å². The summed E-state index contributed by atoms with van der Waals surface area (Å²) >= 11 is 3.64. The van der Waals surface area contributed by atoms with Crippen molar-refractivity contribution in [2.75, 3.05) is 37.1 Å². The minimum atomic E-state index is -3.31. The highest BCUT2D eigenvalue weighted by Crippen LogP contribution is 2.20. The lowest BCUT2D eigenvalue weighted by atomic mass is 10.2. The number of nitrogens with two attached hydrogens (primary N) is 3. The molecule has 3 aliphatic heterocycles. The van der Waals surface area contributed by atoms with Gasteiger partial charge in [-0.3, -0.25) is 0 Å². The van der Waals surface area contributed by atoms with E-state index in [-0.39, 0.29) is 30.5 Å². The van der Waals surface area contributed by atoms with E-state index in [0.717, 1.165) is 17.3 Å². The van der Waals surface area contributed by atoms with Crippen LogP contribution in [0.1, 0.15) is 5.56 Å². The average Bonchev–Trinajstić information content (AvgIpc) is 3.79. The zero-order valence-corrected chi connectivity index (χ0v) is 27.1. The van der Waals surface area contributed by atoms with Crippen LogP contribution in [0.5, 0.6) is 0 Å². The van der Waals surface area contributed by atoms with E-state index in [9.17, 15) is 8.42 Å². The molecule has 0 aliphatic carbocycles. The number of aliphatic imine (C=N–C) groups is 3. The van der Waals surface area contributed by atoms with Gasteiger partial charge in [0.05, 0.1) is 22.7 Å². The molecule has 240 valence electrons. The SMILES string of the molecule is NC1=N[C@@H](CS(=O)(=O)c2ccccc2)CO1.NC1=N[C@@H](CSCc2ccccc2)CO1.NC1=N[C@@H](CSc2ccccc2)CO1. The molecule has 45 heavy (non-hydrogen) atoms. The van der Waals surface area contributed by atoms with Crippen LogP contribution in [-0.4, -0.2) is 81.7 Å². The van der Waals surface area contributed by atoms with Crippen molar-refractivity contribution in [3.8, 4) is 0 Å². The number of nitrogens with zero attached hydrogens (tertiary/aromatic N) is 3. The predicted octanol–water partition coefficient (Wildman–Crippen LogP) is 3.30. The van der Waals surface area contributed by atoms with Crippen molar-refractivity contribution in [3.05, 3.63) is 96.6 Å². The summed E-state index contributed by atoms with van der Waals surface area (Å²) in [5, 5.41) is 0. The Kier molecular flexibility index (Phi) is 13.3. The first kappa shape index (κ1) is 34.0. The molecule has 0 saturated heterocycles. The molecule has 0 fully saturated rings. The fraction of sp³-hybridized carbons (Fsp3) is 0.323. The fourth-order valence-electron chi connectivity index (χ4n) is 4.14. The van der Waals surface area contributed by atoms with E-state index < -0.39 is 15.9 Å². The maximum atomic E-state index is 11.9. The summed E-state index contributed by atoms with van der Waals surface area (Å²) in [5.74, 6) is 2.84. The van der Waals surface area contributed by atoms with Crippen LogP contribution in [-0.2, 0) is 29.8 Å². The highest BCUT2D eigenvalue weighted by Gasteiger charge is 2.25. The molecular weight excluding hydrogens is 633 g/mol. The molecule has 14 heteroatoms. The van der Waals surface area contributed by atoms with Gasteiger partial charge in [-0.1, -0.05) is 66.7 Å². The van der Waals surface area contributed by atoms with Crippen molar-refractivity contribution in [1.82, 2.24) is 0 Å². The quantitative estimate of drug-likeness (QED) is 0.271. The Bertz CT molecular complexity index is 1530. The summed E-state index contributed by atoms with van der Waals surface area (Å²) in [6.07, 6.45) is 0. The minimum absolute atomic E-state index is 0.0632. The molecule has 0 bridgehead atoms. The lowest BCUT2D eigenvalue weighted by Crippen LogP contribution is -2.20. The van der Waals surface area contributed by atoms with Gasteiger partial charge in [0, 0.05) is 22.2 Å². The largest absolute Gasteiger partial charge is 0.463 e. The first-order valence-corrected chi connectivity index (χ1v) is 18.0. The average molecular weight is 671 g/mol. The summed E-state index contributed by atoms with van der Waals surface area (Å²) < 4.78 is 38.9. The van der Waals surface area contributed by atoms with E-state index in [1.54, 1.807) is 42.1 Å². The Balaban J connectivity index is 0.000000154. The van der Waals surface area contributed by atoms with Crippen LogP contribution in [0.25, 0.3) is 0 Å². The summed E-state index contributed by atoms with van der Waals surface area (Å²) in [6.45, 7) is 1.48. The third kappa shape index (κ3) is 12.2. The number of rotatable bonds is 10. The molecule has 3 atom stereocenters. The van der Waals surface area contributed by atoms with Crippen LogP contribution in [0.4, 0.5) is 0 Å². The lowest BCUT2D eigenvalue weighted by Gasteiger charge is -2.06. The second-order valence-corrected chi connectivity index (χ2v) is 14.2. The third-order valence-corrected chi connectivity index (χ3v) is 10.5. The molecule has 0 saturated carbocycles. The van der Waals surface area contributed by atoms with E-state index in [1.165, 1.54) is 10.5 Å². The fourth-order valence-corrected chi connectivity index (χ4v) is 7.47. The highest BCUT2D eigenvalue weighted by molar-refractivity contribution is 7.99. The monoisotopic (exact) mass is 670 g/mol. The van der Waals surface area contributed by atoms with E-state index in [2.05, 4.69) is 51.4 Å². The van der Waals surface area contributed by atoms with Crippen molar-refractivity contribution >= 4 is 51.4 Å². The number of amidine groups is 3. The van der Waals surface area contributed by atoms with Crippen molar-refractivity contribution in [2.24, 2.45) is 32.2 Å². The molecule has 0 spiro atoms. The van der Waals surface area contributed by atoms with Crippen LogP contribution in [0.3, 0.4) is 0 Å². The van der Waals surface area contributed by atoms with Crippen LogP contribution in [0.2, 0.25) is 0 Å². The predicted molar refractivity (Wildman–Crippen MR) is 182 cm³/mol. The molecule has 0 aromatic heterocycles. The smallest absolute Gasteiger partial charge is 0.282 e. The number of hydrogen-bond acceptors (Lipinski definition) is 13. The molecular formula is C31H38N6O5S3. The van der Waals surface area contributed by atoms with Crippen LogP contribution in [0, 0.1) is 0 Å². The third-order valence-electron chi connectivity index (χ3n) is 6.32. The molecule has 3 heterocycles. The molecule has 3 aliphatic rings. The van der Waals surface area contributed by atoms with Gasteiger partial charge in [-0.05, 0) is 29.8 Å². The number of hydrogen-bond donors (Lipinski definition) is 3. The summed E-state index contributed by atoms with van der Waals surface area (Å²) in [6, 6.07) is 29.7. The van der Waals surface area contributed by atoms with Gasteiger partial charge in [0.1, 0.15) is 25.9 Å². The van der Waals surface area contributed by atoms with Crippen molar-refractivity contribution in [1.29, 1.82) is 0 Å². The van der Waals surface area contributed by atoms with Gasteiger partial charge in [-0.2, -0.15) is 11.8 Å². The highest BCUT2D eigenvalue weighted by atomic mass is 32.2. The van der Waals surface area contributed by atoms with Gasteiger partial charge in [-0.25, -0.2) is 23.4 Å². The maximum Gasteiger partial charge on any atom is 0.282 e. The van der Waals surface area contributed by atoms with Gasteiger partial charge >= 0.3 is 0 Å². The van der Waals surface area contributed by atoms with E-state index in [1.807, 2.05) is 36.0 Å². The standard InChI is InChI=1S/C11H14N2OS.C10H12N2O3S.C10H12N2OS/c12-11-13-10(6-14-11)8-15-7-9-4-2-1-3-5-9;11-10-12-8(6-15-10)7-16(13,14)9-4-2-1-3-5-9;11-10-12-8(6-13-10)7-14-9-4-2-1-3-5-9/h1-5,10H,6-8H2,(H2,12,13);1-5,8H,6-7H2,(H2,11,12);1-5,8H,6-7H2,(H2,11,12)/t10-;2*8-/m111/s1. The van der Waals surface area contributed by atoms with Gasteiger partial charge in [0.25, 0.3) is 18.1 Å². The van der Waals surface area contributed by atoms with E-state index in [0.29, 0.717) is 30.2 Å². The second kappa shape index (κ2) is 17.6. The van der Waals surface area contributed by atoms with Gasteiger partial charge < -0.3 is 31.4 Å². The normalized spacial score (nSPS) is 20.1. The molecule has 3 aromatic rings. The Hall–Kier alpha value is -3.88. The molecule has 11 nitrogen and oxygen atoms in total. The molecule has 6 N–H and O–H groups in total. The summed E-state index contributed by atoms with van der Waals surface area (Å²) in [5.41, 5.74) is 17.5. The van der Waals surface area contributed by atoms with Crippen LogP contribution < -0.4 is 17.2 Å². The lowest BCUT2D eigenvalue weighted by molar-refractivity contribution is 0.319. The molecule has 3 aromatic carbocycles. The zero-order chi connectivity index (χ0) is 31.9. The Morgan fingerprint density at radius 2 is 1.11 bits per heavy atom. The number of benzene rings is 3. The van der Waals surface area contributed by atoms with Crippen LogP contribution in [0.15, 0.2) is 116 Å². The Morgan fingerprint density at radius 1 is 0.644 bits per heavy atom. The number of sulfone groups is 1. The molecule has 0 radical (unpaired) electrons. The number of ether oxygens (including phenoxy) is 3. The van der Waals surface area contributed by atoms with Gasteiger partial charge in [-0.15, -0.1) is 11.8 Å². The Morgan fingerprint density at radius 3 is 1.62 bits per heavy atom. The maximum absolute atomic E-state index is 11.9. The zero-order valence-electron chi connectivity index (χ0n) is 24.7. The minimum Gasteiger partial charge on any atom is -0.463 e. The summed E-state index contributed by atoms with van der Waals surface area (Å²) in [7, 11) is -3.31. The first-order chi connectivity index (χ1) is 21.8. The summed E-state index contributed by atoms with van der Waals surface area (Å²) in [4.78, 5) is 13.8. The van der Waals surface area contributed by atoms with Crippen molar-refractivity contribution in [3.63, 3.8) is 0 Å². The molecule has 6 rings (SSSR count). The van der Waals surface area contributed by atoms with Gasteiger partial charge in [0.15, 0.2) is 9.84 Å². The molecule has 0 amide bonds. The number of thioether (sulfide) groups is 2.